The Morgan fingerprint density at radius 3 is 2.79 bits per heavy atom. The number of phenolic OH excluding ortho intramolecular Hbond substituents is 1. The predicted molar refractivity (Wildman–Crippen MR) is 67.0 cm³/mol. The van der Waals surface area contributed by atoms with E-state index in [-0.39, 0.29) is 18.0 Å². The molecule has 0 saturated carbocycles. The molecule has 0 aliphatic heterocycles. The van der Waals surface area contributed by atoms with E-state index in [4.69, 9.17) is 19.7 Å². The first kappa shape index (κ1) is 13.2. The van der Waals surface area contributed by atoms with Gasteiger partial charge in [0, 0.05) is 5.56 Å². The monoisotopic (exact) mass is 265 g/mol. The van der Waals surface area contributed by atoms with E-state index in [9.17, 15) is 5.11 Å². The van der Waals surface area contributed by atoms with Gasteiger partial charge in [0.05, 0.1) is 20.3 Å². The van der Waals surface area contributed by atoms with Gasteiger partial charge in [-0.3, -0.25) is 0 Å². The smallest absolute Gasteiger partial charge is 0.240 e. The molecule has 7 nitrogen and oxygen atoms in total. The highest BCUT2D eigenvalue weighted by Crippen LogP contribution is 2.40. The van der Waals surface area contributed by atoms with Crippen LogP contribution in [0.5, 0.6) is 17.2 Å². The summed E-state index contributed by atoms with van der Waals surface area (Å²) in [6.45, 7) is 2.44. The van der Waals surface area contributed by atoms with Crippen LogP contribution in [0.2, 0.25) is 0 Å². The van der Waals surface area contributed by atoms with E-state index in [1.165, 1.54) is 13.2 Å². The van der Waals surface area contributed by atoms with Crippen LogP contribution in [-0.4, -0.2) is 29.0 Å². The van der Waals surface area contributed by atoms with Crippen LogP contribution in [-0.2, 0) is 6.54 Å². The first-order valence-electron chi connectivity index (χ1n) is 5.76. The molecular weight excluding hydrogens is 250 g/mol. The second-order valence-corrected chi connectivity index (χ2v) is 3.68. The Balaban J connectivity index is 2.46. The van der Waals surface area contributed by atoms with Gasteiger partial charge in [-0.1, -0.05) is 5.16 Å². The largest absolute Gasteiger partial charge is 0.504 e. The molecule has 0 fully saturated rings. The maximum atomic E-state index is 9.91. The quantitative estimate of drug-likeness (QED) is 0.839. The van der Waals surface area contributed by atoms with Gasteiger partial charge in [-0.2, -0.15) is 4.98 Å². The van der Waals surface area contributed by atoms with E-state index in [2.05, 4.69) is 10.1 Å². The molecule has 0 spiro atoms. The second-order valence-electron chi connectivity index (χ2n) is 3.68. The van der Waals surface area contributed by atoms with Crippen molar-refractivity contribution in [3.8, 4) is 28.6 Å². The lowest BCUT2D eigenvalue weighted by Crippen LogP contribution is -1.97. The number of nitrogens with two attached hydrogens (primary N) is 1. The van der Waals surface area contributed by atoms with Crippen LogP contribution < -0.4 is 15.2 Å². The number of aromatic hydroxyl groups is 1. The van der Waals surface area contributed by atoms with E-state index in [1.54, 1.807) is 6.07 Å². The summed E-state index contributed by atoms with van der Waals surface area (Å²) in [6, 6.07) is 3.15. The van der Waals surface area contributed by atoms with Crippen molar-refractivity contribution in [2.24, 2.45) is 5.73 Å². The molecule has 2 rings (SSSR count). The number of ether oxygens (including phenoxy) is 2. The molecule has 102 valence electrons. The zero-order valence-electron chi connectivity index (χ0n) is 10.7. The highest BCUT2D eigenvalue weighted by Gasteiger charge is 2.16. The number of aromatic nitrogens is 2. The standard InChI is InChI=1S/C12H15N3O4/c1-3-18-9-5-7(4-8(16)11(9)17-2)12-14-10(6-13)19-15-12/h4-5,16H,3,6,13H2,1-2H3. The molecule has 0 unspecified atom stereocenters. The SMILES string of the molecule is CCOc1cc(-c2noc(CN)n2)cc(O)c1OC. The van der Waals surface area contributed by atoms with Crippen LogP contribution in [0.25, 0.3) is 11.4 Å². The molecule has 1 heterocycles. The number of nitrogens with zero attached hydrogens (tertiary/aromatic N) is 2. The number of hydrogen-bond acceptors (Lipinski definition) is 7. The molecule has 7 heteroatoms. The van der Waals surface area contributed by atoms with E-state index < -0.39 is 0 Å². The van der Waals surface area contributed by atoms with Crippen LogP contribution in [0.15, 0.2) is 16.7 Å². The van der Waals surface area contributed by atoms with Gasteiger partial charge in [0.25, 0.3) is 0 Å². The van der Waals surface area contributed by atoms with Gasteiger partial charge in [-0.25, -0.2) is 0 Å². The van der Waals surface area contributed by atoms with Crippen LogP contribution in [0.4, 0.5) is 0 Å². The van der Waals surface area contributed by atoms with Gasteiger partial charge in [0.1, 0.15) is 0 Å². The Kier molecular flexibility index (Phi) is 3.86. The summed E-state index contributed by atoms with van der Waals surface area (Å²) in [5.41, 5.74) is 5.96. The van der Waals surface area contributed by atoms with Gasteiger partial charge in [-0.15, -0.1) is 0 Å². The summed E-state index contributed by atoms with van der Waals surface area (Å²) in [5, 5.41) is 13.7. The minimum atomic E-state index is -0.0532. The van der Waals surface area contributed by atoms with Gasteiger partial charge >= 0.3 is 0 Å². The van der Waals surface area contributed by atoms with Gasteiger partial charge in [0.15, 0.2) is 11.5 Å². The molecule has 0 saturated heterocycles. The molecule has 1 aromatic heterocycles. The molecule has 19 heavy (non-hydrogen) atoms. The van der Waals surface area contributed by atoms with Crippen LogP contribution in [0.1, 0.15) is 12.8 Å². The maximum Gasteiger partial charge on any atom is 0.240 e. The molecule has 1 aromatic carbocycles. The number of hydrogen-bond donors (Lipinski definition) is 2. The Morgan fingerprint density at radius 1 is 1.42 bits per heavy atom. The number of rotatable bonds is 5. The summed E-state index contributed by atoms with van der Waals surface area (Å²) in [6.07, 6.45) is 0. The van der Waals surface area contributed by atoms with Gasteiger partial charge in [-0.05, 0) is 19.1 Å². The summed E-state index contributed by atoms with van der Waals surface area (Å²) in [5.74, 6) is 1.29. The van der Waals surface area contributed by atoms with Crippen LogP contribution >= 0.6 is 0 Å². The molecule has 0 aliphatic carbocycles. The first-order valence-corrected chi connectivity index (χ1v) is 5.76. The fourth-order valence-corrected chi connectivity index (χ4v) is 1.64. The van der Waals surface area contributed by atoms with Gasteiger partial charge in [0.2, 0.25) is 17.5 Å². The average Bonchev–Trinajstić information content (AvgIpc) is 2.87. The third-order valence-corrected chi connectivity index (χ3v) is 2.44. The average molecular weight is 265 g/mol. The minimum Gasteiger partial charge on any atom is -0.504 e. The summed E-state index contributed by atoms with van der Waals surface area (Å²) >= 11 is 0. The Hall–Kier alpha value is -2.28. The molecular formula is C12H15N3O4. The fraction of sp³-hybridized carbons (Fsp3) is 0.333. The third-order valence-electron chi connectivity index (χ3n) is 2.44. The lowest BCUT2D eigenvalue weighted by Gasteiger charge is -2.11. The molecule has 0 atom stereocenters. The zero-order valence-corrected chi connectivity index (χ0v) is 10.7. The van der Waals surface area contributed by atoms with Crippen LogP contribution in [0, 0.1) is 0 Å². The van der Waals surface area contributed by atoms with Crippen molar-refractivity contribution < 1.29 is 19.1 Å². The van der Waals surface area contributed by atoms with Crippen molar-refractivity contribution in [3.05, 3.63) is 18.0 Å². The Bertz CT molecular complexity index is 568. The lowest BCUT2D eigenvalue weighted by atomic mass is 10.1. The Labute approximate surface area is 109 Å². The van der Waals surface area contributed by atoms with Gasteiger partial charge < -0.3 is 24.8 Å². The second kappa shape index (κ2) is 5.57. The van der Waals surface area contributed by atoms with Crippen molar-refractivity contribution in [2.45, 2.75) is 13.5 Å². The van der Waals surface area contributed by atoms with Crippen molar-refractivity contribution in [2.75, 3.05) is 13.7 Å². The third kappa shape index (κ3) is 2.60. The van der Waals surface area contributed by atoms with Crippen molar-refractivity contribution >= 4 is 0 Å². The van der Waals surface area contributed by atoms with E-state index in [0.29, 0.717) is 29.6 Å². The molecule has 0 radical (unpaired) electrons. The van der Waals surface area contributed by atoms with Crippen LogP contribution in [0.3, 0.4) is 0 Å². The number of phenols is 1. The summed E-state index contributed by atoms with van der Waals surface area (Å²) in [4.78, 5) is 4.09. The molecule has 3 N–H and O–H groups in total. The molecule has 2 aromatic rings. The normalized spacial score (nSPS) is 10.5. The summed E-state index contributed by atoms with van der Waals surface area (Å²) < 4.78 is 15.4. The van der Waals surface area contributed by atoms with Crippen molar-refractivity contribution in [3.63, 3.8) is 0 Å². The zero-order chi connectivity index (χ0) is 13.8. The predicted octanol–water partition coefficient (Wildman–Crippen LogP) is 1.31. The highest BCUT2D eigenvalue weighted by atomic mass is 16.5. The number of methoxy groups -OCH3 is 1. The van der Waals surface area contributed by atoms with Crippen molar-refractivity contribution in [1.29, 1.82) is 0 Å². The Morgan fingerprint density at radius 2 is 2.21 bits per heavy atom. The lowest BCUT2D eigenvalue weighted by molar-refractivity contribution is 0.300. The van der Waals surface area contributed by atoms with E-state index >= 15 is 0 Å². The first-order chi connectivity index (χ1) is 9.19. The number of benzene rings is 1. The molecule has 0 bridgehead atoms. The molecule has 0 amide bonds. The molecule has 0 aliphatic rings. The van der Waals surface area contributed by atoms with E-state index in [0.717, 1.165) is 0 Å². The topological polar surface area (TPSA) is 104 Å². The maximum absolute atomic E-state index is 9.91. The summed E-state index contributed by atoms with van der Waals surface area (Å²) in [7, 11) is 1.46. The fourth-order valence-electron chi connectivity index (χ4n) is 1.64. The minimum absolute atomic E-state index is 0.0532. The van der Waals surface area contributed by atoms with E-state index in [1.807, 2.05) is 6.92 Å². The van der Waals surface area contributed by atoms with Crippen molar-refractivity contribution in [1.82, 2.24) is 10.1 Å². The highest BCUT2D eigenvalue weighted by molar-refractivity contribution is 5.65.